The lowest BCUT2D eigenvalue weighted by Gasteiger charge is -2.15. The van der Waals surface area contributed by atoms with Crippen LogP contribution in [0, 0.1) is 20.8 Å². The summed E-state index contributed by atoms with van der Waals surface area (Å²) in [6.07, 6.45) is 4.02. The van der Waals surface area contributed by atoms with Gasteiger partial charge in [0.05, 0.1) is 24.1 Å². The molecule has 0 aliphatic heterocycles. The first kappa shape index (κ1) is 14.8. The minimum Gasteiger partial charge on any atom is -0.307 e. The number of fused-ring (bicyclic) bond motifs is 1. The molecule has 5 heteroatoms. The maximum Gasteiger partial charge on any atom is 0.139 e. The van der Waals surface area contributed by atoms with Crippen LogP contribution < -0.4 is 5.32 Å². The first-order chi connectivity index (χ1) is 10.5. The Morgan fingerprint density at radius 1 is 1.27 bits per heavy atom. The van der Waals surface area contributed by atoms with Gasteiger partial charge in [-0.15, -0.1) is 0 Å². The van der Waals surface area contributed by atoms with E-state index >= 15 is 0 Å². The first-order valence-electron chi connectivity index (χ1n) is 7.70. The molecule has 1 unspecified atom stereocenters. The van der Waals surface area contributed by atoms with Gasteiger partial charge in [0.1, 0.15) is 5.65 Å². The molecule has 0 aliphatic rings. The molecule has 0 aliphatic carbocycles. The van der Waals surface area contributed by atoms with Gasteiger partial charge in [-0.3, -0.25) is 4.68 Å². The summed E-state index contributed by atoms with van der Waals surface area (Å²) in [6.45, 7) is 10.1. The van der Waals surface area contributed by atoms with Crippen molar-refractivity contribution in [3.05, 3.63) is 53.2 Å². The van der Waals surface area contributed by atoms with E-state index in [-0.39, 0.29) is 0 Å². The minimum atomic E-state index is 0.341. The van der Waals surface area contributed by atoms with Crippen LogP contribution in [0.3, 0.4) is 0 Å². The predicted molar refractivity (Wildman–Crippen MR) is 87.9 cm³/mol. The van der Waals surface area contributed by atoms with Gasteiger partial charge in [-0.25, -0.2) is 4.98 Å². The second-order valence-electron chi connectivity index (χ2n) is 6.03. The highest BCUT2D eigenvalue weighted by molar-refractivity contribution is 5.48. The molecule has 0 radical (unpaired) electrons. The van der Waals surface area contributed by atoms with Crippen molar-refractivity contribution in [2.45, 2.75) is 46.8 Å². The van der Waals surface area contributed by atoms with E-state index in [4.69, 9.17) is 0 Å². The molecular weight excluding hydrogens is 274 g/mol. The third kappa shape index (κ3) is 2.90. The third-order valence-electron chi connectivity index (χ3n) is 3.99. The molecule has 116 valence electrons. The van der Waals surface area contributed by atoms with Crippen molar-refractivity contribution in [1.29, 1.82) is 0 Å². The van der Waals surface area contributed by atoms with Crippen molar-refractivity contribution in [3.63, 3.8) is 0 Å². The maximum atomic E-state index is 4.52. The second-order valence-corrected chi connectivity index (χ2v) is 6.03. The van der Waals surface area contributed by atoms with Gasteiger partial charge in [-0.1, -0.05) is 6.07 Å². The van der Waals surface area contributed by atoms with Crippen LogP contribution >= 0.6 is 0 Å². The zero-order valence-corrected chi connectivity index (χ0v) is 13.7. The van der Waals surface area contributed by atoms with Crippen LogP contribution in [0.1, 0.15) is 29.6 Å². The average Bonchev–Trinajstić information content (AvgIpc) is 3.01. The van der Waals surface area contributed by atoms with Crippen molar-refractivity contribution in [2.24, 2.45) is 0 Å². The number of nitrogens with one attached hydrogen (secondary N) is 1. The molecule has 0 fully saturated rings. The molecule has 3 aromatic rings. The van der Waals surface area contributed by atoms with E-state index in [1.807, 2.05) is 13.1 Å². The number of pyridine rings is 1. The van der Waals surface area contributed by atoms with Gasteiger partial charge in [0.15, 0.2) is 0 Å². The molecule has 3 rings (SSSR count). The Kier molecular flexibility index (Phi) is 3.98. The number of rotatable bonds is 5. The molecule has 22 heavy (non-hydrogen) atoms. The lowest BCUT2D eigenvalue weighted by molar-refractivity contribution is 0.441. The Morgan fingerprint density at radius 2 is 2.09 bits per heavy atom. The minimum absolute atomic E-state index is 0.341. The van der Waals surface area contributed by atoms with E-state index in [1.54, 1.807) is 0 Å². The Balaban J connectivity index is 1.66. The largest absolute Gasteiger partial charge is 0.307 e. The van der Waals surface area contributed by atoms with Crippen molar-refractivity contribution >= 4 is 5.65 Å². The highest BCUT2D eigenvalue weighted by Crippen LogP contribution is 2.11. The third-order valence-corrected chi connectivity index (χ3v) is 3.99. The molecule has 0 saturated heterocycles. The van der Waals surface area contributed by atoms with Crippen molar-refractivity contribution in [3.8, 4) is 0 Å². The Morgan fingerprint density at radius 3 is 2.82 bits per heavy atom. The Labute approximate surface area is 131 Å². The van der Waals surface area contributed by atoms with E-state index in [0.717, 1.165) is 24.4 Å². The van der Waals surface area contributed by atoms with Gasteiger partial charge in [0.25, 0.3) is 0 Å². The molecule has 0 saturated carbocycles. The van der Waals surface area contributed by atoms with Crippen molar-refractivity contribution in [2.75, 3.05) is 0 Å². The molecule has 1 N–H and O–H groups in total. The van der Waals surface area contributed by atoms with Crippen molar-refractivity contribution in [1.82, 2.24) is 24.5 Å². The molecule has 0 spiro atoms. The molecule has 0 aromatic carbocycles. The van der Waals surface area contributed by atoms with Crippen LogP contribution in [0.4, 0.5) is 0 Å². The highest BCUT2D eigenvalue weighted by atomic mass is 15.3. The molecule has 0 bridgehead atoms. The average molecular weight is 297 g/mol. The van der Waals surface area contributed by atoms with Crippen LogP contribution in [0.5, 0.6) is 0 Å². The monoisotopic (exact) mass is 297 g/mol. The first-order valence-corrected chi connectivity index (χ1v) is 7.70. The smallest absolute Gasteiger partial charge is 0.139 e. The molecule has 1 atom stereocenters. The summed E-state index contributed by atoms with van der Waals surface area (Å²) < 4.78 is 4.21. The fourth-order valence-electron chi connectivity index (χ4n) is 2.80. The molecule has 5 nitrogen and oxygen atoms in total. The van der Waals surface area contributed by atoms with Gasteiger partial charge < -0.3 is 9.72 Å². The van der Waals surface area contributed by atoms with Crippen LogP contribution in [0.2, 0.25) is 0 Å². The fraction of sp³-hybridized carbons (Fsp3) is 0.412. The molecule has 3 aromatic heterocycles. The Hall–Kier alpha value is -2.14. The van der Waals surface area contributed by atoms with Crippen molar-refractivity contribution < 1.29 is 0 Å². The quantitative estimate of drug-likeness (QED) is 0.787. The molecule has 0 amide bonds. The zero-order valence-electron chi connectivity index (χ0n) is 13.7. The Bertz CT molecular complexity index is 784. The standard InChI is InChI=1S/C17H23N5/c1-12-6-5-7-21-16(10-19-17(12)21)9-18-14(3)11-22-15(4)8-13(2)20-22/h5-8,10,14,18H,9,11H2,1-4H3. The van der Waals surface area contributed by atoms with Crippen LogP contribution in [0.15, 0.2) is 30.6 Å². The number of hydrogen-bond acceptors (Lipinski definition) is 3. The highest BCUT2D eigenvalue weighted by Gasteiger charge is 2.09. The van der Waals surface area contributed by atoms with Crippen LogP contribution in [0.25, 0.3) is 5.65 Å². The van der Waals surface area contributed by atoms with Gasteiger partial charge in [-0.2, -0.15) is 5.10 Å². The molecule has 3 heterocycles. The van der Waals surface area contributed by atoms with E-state index in [0.29, 0.717) is 6.04 Å². The van der Waals surface area contributed by atoms with Gasteiger partial charge in [0, 0.05) is 24.5 Å². The maximum absolute atomic E-state index is 4.52. The number of nitrogens with zero attached hydrogens (tertiary/aromatic N) is 4. The lowest BCUT2D eigenvalue weighted by Crippen LogP contribution is -2.31. The molecular formula is C17H23N5. The lowest BCUT2D eigenvalue weighted by atomic mass is 10.3. The fourth-order valence-corrected chi connectivity index (χ4v) is 2.80. The van der Waals surface area contributed by atoms with Crippen LogP contribution in [-0.2, 0) is 13.1 Å². The normalized spacial score (nSPS) is 12.9. The van der Waals surface area contributed by atoms with Crippen LogP contribution in [-0.4, -0.2) is 25.2 Å². The summed E-state index contributed by atoms with van der Waals surface area (Å²) >= 11 is 0. The SMILES string of the molecule is Cc1cc(C)n(CC(C)NCc2cnc3c(C)cccn23)n1. The summed E-state index contributed by atoms with van der Waals surface area (Å²) in [5.41, 5.74) is 5.69. The zero-order chi connectivity index (χ0) is 15.7. The van der Waals surface area contributed by atoms with E-state index in [2.05, 4.69) is 69.6 Å². The summed E-state index contributed by atoms with van der Waals surface area (Å²) in [7, 11) is 0. The topological polar surface area (TPSA) is 47.2 Å². The predicted octanol–water partition coefficient (Wildman–Crippen LogP) is 2.63. The number of imidazole rings is 1. The summed E-state index contributed by atoms with van der Waals surface area (Å²) in [6, 6.07) is 6.60. The van der Waals surface area contributed by atoms with E-state index in [9.17, 15) is 0 Å². The number of hydrogen-bond donors (Lipinski definition) is 1. The summed E-state index contributed by atoms with van der Waals surface area (Å²) in [5, 5.41) is 8.08. The van der Waals surface area contributed by atoms with Gasteiger partial charge >= 0.3 is 0 Å². The number of aromatic nitrogens is 4. The van der Waals surface area contributed by atoms with Gasteiger partial charge in [0.2, 0.25) is 0 Å². The summed E-state index contributed by atoms with van der Waals surface area (Å²) in [4.78, 5) is 4.50. The van der Waals surface area contributed by atoms with E-state index < -0.39 is 0 Å². The second kappa shape index (κ2) is 5.93. The van der Waals surface area contributed by atoms with Gasteiger partial charge in [-0.05, 0) is 45.4 Å². The summed E-state index contributed by atoms with van der Waals surface area (Å²) in [5.74, 6) is 0. The van der Waals surface area contributed by atoms with E-state index in [1.165, 1.54) is 17.0 Å². The number of aryl methyl sites for hydroxylation is 3.